The van der Waals surface area contributed by atoms with Crippen LogP contribution in [0.1, 0.15) is 22.3 Å². The van der Waals surface area contributed by atoms with Gasteiger partial charge in [-0.3, -0.25) is 10.0 Å². The lowest BCUT2D eigenvalue weighted by atomic mass is 10.1. The van der Waals surface area contributed by atoms with Gasteiger partial charge >= 0.3 is 0 Å². The third-order valence-electron chi connectivity index (χ3n) is 3.97. The van der Waals surface area contributed by atoms with E-state index in [1.165, 1.54) is 16.4 Å². The summed E-state index contributed by atoms with van der Waals surface area (Å²) < 4.78 is 32.8. The molecule has 3 rings (SSSR count). The Morgan fingerprint density at radius 2 is 1.92 bits per heavy atom. The molecule has 25 heavy (non-hydrogen) atoms. The highest BCUT2D eigenvalue weighted by Gasteiger charge is 2.26. The van der Waals surface area contributed by atoms with Crippen LogP contribution in [0.2, 0.25) is 0 Å². The molecule has 0 fully saturated rings. The van der Waals surface area contributed by atoms with Gasteiger partial charge in [-0.05, 0) is 30.7 Å². The number of nitrogens with zero attached hydrogens (tertiary/aromatic N) is 1. The number of amides is 1. The lowest BCUT2D eigenvalue weighted by molar-refractivity contribution is 0.0706. The predicted molar refractivity (Wildman–Crippen MR) is 89.8 cm³/mol. The van der Waals surface area contributed by atoms with E-state index >= 15 is 0 Å². The zero-order valence-corrected chi connectivity index (χ0v) is 14.2. The minimum absolute atomic E-state index is 0.146. The van der Waals surface area contributed by atoms with Crippen molar-refractivity contribution in [2.45, 2.75) is 17.9 Å². The minimum Gasteiger partial charge on any atom is -0.493 e. The zero-order valence-electron chi connectivity index (χ0n) is 13.4. The maximum atomic E-state index is 12.9. The van der Waals surface area contributed by atoms with E-state index in [1.54, 1.807) is 41.9 Å². The molecule has 0 bridgehead atoms. The average Bonchev–Trinajstić information content (AvgIpc) is 2.62. The van der Waals surface area contributed by atoms with Crippen molar-refractivity contribution in [2.24, 2.45) is 0 Å². The average molecular weight is 362 g/mol. The van der Waals surface area contributed by atoms with Crippen LogP contribution in [0, 0.1) is 0 Å². The topological polar surface area (TPSA) is 95.9 Å². The number of benzene rings is 2. The monoisotopic (exact) mass is 362 g/mol. The first-order chi connectivity index (χ1) is 12.0. The van der Waals surface area contributed by atoms with E-state index in [0.717, 1.165) is 0 Å². The van der Waals surface area contributed by atoms with E-state index in [4.69, 9.17) is 9.94 Å². The van der Waals surface area contributed by atoms with E-state index in [2.05, 4.69) is 0 Å². The first-order valence-corrected chi connectivity index (χ1v) is 9.22. The smallest absolute Gasteiger partial charge is 0.274 e. The summed E-state index contributed by atoms with van der Waals surface area (Å²) >= 11 is 0. The Kier molecular flexibility index (Phi) is 5.03. The molecule has 0 saturated heterocycles. The summed E-state index contributed by atoms with van der Waals surface area (Å²) in [7, 11) is -3.62. The molecule has 0 radical (unpaired) electrons. The van der Waals surface area contributed by atoms with Crippen LogP contribution in [0.4, 0.5) is 0 Å². The molecule has 0 aliphatic carbocycles. The van der Waals surface area contributed by atoms with Crippen LogP contribution in [-0.4, -0.2) is 37.0 Å². The van der Waals surface area contributed by atoms with Gasteiger partial charge in [0.05, 0.1) is 11.5 Å². The predicted octanol–water partition coefficient (Wildman–Crippen LogP) is 1.78. The number of carbonyl (C=O) groups is 1. The van der Waals surface area contributed by atoms with Crippen molar-refractivity contribution in [3.05, 3.63) is 59.7 Å². The summed E-state index contributed by atoms with van der Waals surface area (Å²) in [4.78, 5) is 11.8. The molecule has 1 aliphatic rings. The quantitative estimate of drug-likeness (QED) is 0.641. The van der Waals surface area contributed by atoms with Gasteiger partial charge < -0.3 is 4.74 Å². The molecule has 0 unspecified atom stereocenters. The molecule has 1 amide bonds. The third-order valence-corrected chi connectivity index (χ3v) is 5.83. The largest absolute Gasteiger partial charge is 0.493 e. The lowest BCUT2D eigenvalue weighted by Gasteiger charge is -2.26. The van der Waals surface area contributed by atoms with E-state index in [0.29, 0.717) is 30.9 Å². The molecule has 8 heteroatoms. The van der Waals surface area contributed by atoms with E-state index in [9.17, 15) is 13.2 Å². The first kappa shape index (κ1) is 17.4. The van der Waals surface area contributed by atoms with Gasteiger partial charge in [0.2, 0.25) is 10.0 Å². The number of sulfonamides is 1. The van der Waals surface area contributed by atoms with Crippen molar-refractivity contribution in [3.8, 4) is 5.75 Å². The second-order valence-corrected chi connectivity index (χ2v) is 7.56. The molecule has 7 nitrogen and oxygen atoms in total. The number of hydroxylamine groups is 1. The number of fused-ring (bicyclic) bond motifs is 1. The van der Waals surface area contributed by atoms with Gasteiger partial charge in [0.15, 0.2) is 0 Å². The molecule has 0 saturated carbocycles. The molecular formula is C17H18N2O5S. The minimum atomic E-state index is -3.62. The Morgan fingerprint density at radius 3 is 2.64 bits per heavy atom. The molecule has 1 aliphatic heterocycles. The number of nitrogens with one attached hydrogen (secondary N) is 1. The SMILES string of the molecule is O=C(NO)c1ccc2c(c1)OCCCN(S(=O)(=O)c1ccccc1)C2. The Morgan fingerprint density at radius 1 is 1.16 bits per heavy atom. The highest BCUT2D eigenvalue weighted by molar-refractivity contribution is 7.89. The normalized spacial score (nSPS) is 15.4. The van der Waals surface area contributed by atoms with Gasteiger partial charge in [-0.2, -0.15) is 4.31 Å². The van der Waals surface area contributed by atoms with Gasteiger partial charge in [0, 0.05) is 24.2 Å². The van der Waals surface area contributed by atoms with Gasteiger partial charge in [0.25, 0.3) is 5.91 Å². The van der Waals surface area contributed by atoms with Gasteiger partial charge in [-0.25, -0.2) is 13.9 Å². The first-order valence-electron chi connectivity index (χ1n) is 7.78. The van der Waals surface area contributed by atoms with Gasteiger partial charge in [0.1, 0.15) is 5.75 Å². The summed E-state index contributed by atoms with van der Waals surface area (Å²) in [5, 5.41) is 8.74. The lowest BCUT2D eigenvalue weighted by Crippen LogP contribution is -2.33. The summed E-state index contributed by atoms with van der Waals surface area (Å²) in [6.07, 6.45) is 0.530. The van der Waals surface area contributed by atoms with Crippen molar-refractivity contribution in [1.29, 1.82) is 0 Å². The van der Waals surface area contributed by atoms with Crippen LogP contribution >= 0.6 is 0 Å². The van der Waals surface area contributed by atoms with Crippen molar-refractivity contribution in [2.75, 3.05) is 13.2 Å². The van der Waals surface area contributed by atoms with E-state index in [1.807, 2.05) is 0 Å². The molecule has 0 aromatic heterocycles. The number of hydrogen-bond donors (Lipinski definition) is 2. The fourth-order valence-corrected chi connectivity index (χ4v) is 4.14. The highest BCUT2D eigenvalue weighted by Crippen LogP contribution is 2.27. The van der Waals surface area contributed by atoms with Crippen molar-refractivity contribution < 1.29 is 23.2 Å². The van der Waals surface area contributed by atoms with Crippen molar-refractivity contribution >= 4 is 15.9 Å². The fourth-order valence-electron chi connectivity index (χ4n) is 2.66. The Bertz CT molecular complexity index is 868. The summed E-state index contributed by atoms with van der Waals surface area (Å²) in [5.41, 5.74) is 2.47. The molecule has 2 aromatic rings. The summed E-state index contributed by atoms with van der Waals surface area (Å²) in [6.45, 7) is 0.821. The Hall–Kier alpha value is -2.42. The number of ether oxygens (including phenoxy) is 1. The van der Waals surface area contributed by atoms with Crippen molar-refractivity contribution in [3.63, 3.8) is 0 Å². The summed E-state index contributed by atoms with van der Waals surface area (Å²) in [5.74, 6) is -0.212. The van der Waals surface area contributed by atoms with E-state index < -0.39 is 15.9 Å². The van der Waals surface area contributed by atoms with Crippen LogP contribution in [0.15, 0.2) is 53.4 Å². The molecular weight excluding hydrogens is 344 g/mol. The summed E-state index contributed by atoms with van der Waals surface area (Å²) in [6, 6.07) is 12.9. The molecule has 2 aromatic carbocycles. The molecule has 0 spiro atoms. The molecule has 2 N–H and O–H groups in total. The zero-order chi connectivity index (χ0) is 17.9. The maximum absolute atomic E-state index is 12.9. The third kappa shape index (κ3) is 3.65. The highest BCUT2D eigenvalue weighted by atomic mass is 32.2. The van der Waals surface area contributed by atoms with Gasteiger partial charge in [-0.15, -0.1) is 0 Å². The van der Waals surface area contributed by atoms with E-state index in [-0.39, 0.29) is 17.0 Å². The van der Waals surface area contributed by atoms with Crippen LogP contribution in [-0.2, 0) is 16.6 Å². The van der Waals surface area contributed by atoms with Gasteiger partial charge in [-0.1, -0.05) is 24.3 Å². The Labute approximate surface area is 145 Å². The molecule has 0 atom stereocenters. The number of carbonyl (C=O) groups excluding carboxylic acids is 1. The second kappa shape index (κ2) is 7.22. The van der Waals surface area contributed by atoms with Crippen LogP contribution in [0.25, 0.3) is 0 Å². The number of hydrogen-bond acceptors (Lipinski definition) is 5. The molecule has 1 heterocycles. The maximum Gasteiger partial charge on any atom is 0.274 e. The standard InChI is InChI=1S/C17H18N2O5S/c20-17(18-21)13-7-8-14-12-19(9-4-10-24-16(14)11-13)25(22,23)15-5-2-1-3-6-15/h1-3,5-8,11,21H,4,9-10,12H2,(H,18,20). The van der Waals surface area contributed by atoms with Crippen LogP contribution in [0.5, 0.6) is 5.75 Å². The second-order valence-electron chi connectivity index (χ2n) is 5.62. The fraction of sp³-hybridized carbons (Fsp3) is 0.235. The van der Waals surface area contributed by atoms with Crippen molar-refractivity contribution in [1.82, 2.24) is 9.79 Å². The number of rotatable bonds is 3. The Balaban J connectivity index is 1.94. The van der Waals surface area contributed by atoms with Crippen LogP contribution in [0.3, 0.4) is 0 Å². The molecule has 132 valence electrons. The van der Waals surface area contributed by atoms with Crippen LogP contribution < -0.4 is 10.2 Å².